The first-order valence-electron chi connectivity index (χ1n) is 3.78. The maximum Gasteiger partial charge on any atom is 0.246 e. The molecule has 0 aliphatic heterocycles. The van der Waals surface area contributed by atoms with E-state index in [1.165, 1.54) is 11.8 Å². The Morgan fingerprint density at radius 1 is 1.67 bits per heavy atom. The summed E-state index contributed by atoms with van der Waals surface area (Å²) in [6, 6.07) is 0. The Morgan fingerprint density at radius 2 is 2.17 bits per heavy atom. The zero-order valence-electron chi connectivity index (χ0n) is 7.76. The summed E-state index contributed by atoms with van der Waals surface area (Å²) in [4.78, 5) is 10.9. The van der Waals surface area contributed by atoms with Gasteiger partial charge in [0, 0.05) is 11.3 Å². The highest BCUT2D eigenvalue weighted by Gasteiger charge is 2.17. The summed E-state index contributed by atoms with van der Waals surface area (Å²) in [5.74, 6) is 5.54. The molecule has 0 aliphatic carbocycles. The molecule has 72 valence electrons. The van der Waals surface area contributed by atoms with Crippen LogP contribution >= 0.6 is 11.8 Å². The average molecular weight is 191 g/mol. The Hall–Kier alpha value is -0.260. The second kappa shape index (κ2) is 4.69. The fraction of sp³-hybridized carbons (Fsp3) is 0.857. The lowest BCUT2D eigenvalue weighted by Crippen LogP contribution is -2.39. The van der Waals surface area contributed by atoms with Crippen molar-refractivity contribution in [3.05, 3.63) is 0 Å². The maximum atomic E-state index is 10.9. The third-order valence-electron chi connectivity index (χ3n) is 1.22. The Balaban J connectivity index is 3.72. The van der Waals surface area contributed by atoms with E-state index in [1.807, 2.05) is 13.8 Å². The van der Waals surface area contributed by atoms with E-state index >= 15 is 0 Å². The molecule has 0 radical (unpaired) electrons. The number of nitrogens with two attached hydrogens (primary N) is 2. The molecule has 0 aromatic heterocycles. The highest BCUT2D eigenvalue weighted by molar-refractivity contribution is 8.00. The number of nitrogens with one attached hydrogen (secondary N) is 1. The normalized spacial score (nSPS) is 14.1. The van der Waals surface area contributed by atoms with E-state index in [4.69, 9.17) is 11.6 Å². The quantitative estimate of drug-likeness (QED) is 0.327. The second-order valence-electron chi connectivity index (χ2n) is 3.45. The van der Waals surface area contributed by atoms with Gasteiger partial charge in [-0.05, 0) is 20.8 Å². The topological polar surface area (TPSA) is 81.1 Å². The summed E-state index contributed by atoms with van der Waals surface area (Å²) in [6.45, 7) is 5.65. The Bertz CT molecular complexity index is 155. The molecule has 0 bridgehead atoms. The van der Waals surface area contributed by atoms with E-state index < -0.39 is 0 Å². The summed E-state index contributed by atoms with van der Waals surface area (Å²) >= 11 is 1.50. The first-order valence-corrected chi connectivity index (χ1v) is 4.82. The van der Waals surface area contributed by atoms with Crippen molar-refractivity contribution in [3.8, 4) is 0 Å². The van der Waals surface area contributed by atoms with Crippen LogP contribution in [0.4, 0.5) is 0 Å². The Morgan fingerprint density at radius 3 is 2.50 bits per heavy atom. The molecule has 0 rings (SSSR count). The summed E-state index contributed by atoms with van der Waals surface area (Å²) in [5.41, 5.74) is 7.60. The van der Waals surface area contributed by atoms with Gasteiger partial charge < -0.3 is 5.73 Å². The Labute approximate surface area is 77.4 Å². The first kappa shape index (κ1) is 11.7. The molecule has 4 nitrogen and oxygen atoms in total. The van der Waals surface area contributed by atoms with Gasteiger partial charge in [-0.15, -0.1) is 11.8 Å². The second-order valence-corrected chi connectivity index (χ2v) is 4.78. The van der Waals surface area contributed by atoms with Crippen molar-refractivity contribution in [3.63, 3.8) is 0 Å². The number of thioether (sulfide) groups is 1. The molecular weight excluding hydrogens is 174 g/mol. The number of rotatable bonds is 4. The van der Waals surface area contributed by atoms with Crippen LogP contribution in [0.3, 0.4) is 0 Å². The number of amides is 1. The molecule has 0 spiro atoms. The highest BCUT2D eigenvalue weighted by atomic mass is 32.2. The molecule has 0 aromatic rings. The fourth-order valence-corrected chi connectivity index (χ4v) is 1.43. The van der Waals surface area contributed by atoms with Crippen LogP contribution in [0.25, 0.3) is 0 Å². The van der Waals surface area contributed by atoms with Gasteiger partial charge in [0.05, 0.1) is 5.25 Å². The third-order valence-corrected chi connectivity index (χ3v) is 2.84. The van der Waals surface area contributed by atoms with Crippen LogP contribution in [-0.2, 0) is 4.79 Å². The molecule has 0 saturated carbocycles. The van der Waals surface area contributed by atoms with Crippen LogP contribution < -0.4 is 17.0 Å². The predicted octanol–water partition coefficient (Wildman–Crippen LogP) is -0.165. The van der Waals surface area contributed by atoms with E-state index in [1.54, 1.807) is 6.92 Å². The molecule has 12 heavy (non-hydrogen) atoms. The lowest BCUT2D eigenvalue weighted by molar-refractivity contribution is -0.120. The van der Waals surface area contributed by atoms with Crippen molar-refractivity contribution in [1.29, 1.82) is 0 Å². The van der Waals surface area contributed by atoms with Crippen molar-refractivity contribution >= 4 is 17.7 Å². The maximum absolute atomic E-state index is 10.9. The minimum absolute atomic E-state index is 0.141. The molecule has 0 aromatic carbocycles. The summed E-state index contributed by atoms with van der Waals surface area (Å²) in [6.07, 6.45) is 0. The number of carbonyl (C=O) groups is 1. The minimum atomic E-state index is -0.242. The largest absolute Gasteiger partial charge is 0.325 e. The van der Waals surface area contributed by atoms with Crippen LogP contribution in [-0.4, -0.2) is 22.4 Å². The zero-order chi connectivity index (χ0) is 9.78. The smallest absolute Gasteiger partial charge is 0.246 e. The van der Waals surface area contributed by atoms with Gasteiger partial charge in [-0.1, -0.05) is 0 Å². The van der Waals surface area contributed by atoms with E-state index in [-0.39, 0.29) is 16.7 Å². The number of hydrogen-bond acceptors (Lipinski definition) is 4. The highest BCUT2D eigenvalue weighted by Crippen LogP contribution is 2.15. The van der Waals surface area contributed by atoms with Crippen molar-refractivity contribution in [1.82, 2.24) is 5.43 Å². The molecule has 1 unspecified atom stereocenters. The van der Waals surface area contributed by atoms with Crippen LogP contribution in [0.2, 0.25) is 0 Å². The lowest BCUT2D eigenvalue weighted by Gasteiger charge is -2.19. The standard InChI is InChI=1S/C7H17N3OS/c1-5(6(11)10-9)12-4-7(2,3)8/h5H,4,8-9H2,1-3H3,(H,10,11). The molecule has 0 aliphatic rings. The van der Waals surface area contributed by atoms with Crippen LogP contribution in [0, 0.1) is 0 Å². The van der Waals surface area contributed by atoms with E-state index in [0.29, 0.717) is 0 Å². The van der Waals surface area contributed by atoms with Gasteiger partial charge in [-0.2, -0.15) is 0 Å². The lowest BCUT2D eigenvalue weighted by atomic mass is 10.1. The Kier molecular flexibility index (Phi) is 4.59. The van der Waals surface area contributed by atoms with Crippen LogP contribution in [0.1, 0.15) is 20.8 Å². The fourth-order valence-electron chi connectivity index (χ4n) is 0.533. The predicted molar refractivity (Wildman–Crippen MR) is 52.5 cm³/mol. The molecule has 1 atom stereocenters. The van der Waals surface area contributed by atoms with Crippen LogP contribution in [0.15, 0.2) is 0 Å². The van der Waals surface area contributed by atoms with E-state index in [9.17, 15) is 4.79 Å². The molecule has 5 N–H and O–H groups in total. The minimum Gasteiger partial charge on any atom is -0.325 e. The SMILES string of the molecule is CC(SCC(C)(C)N)C(=O)NN. The van der Waals surface area contributed by atoms with Gasteiger partial charge in [0.1, 0.15) is 0 Å². The van der Waals surface area contributed by atoms with Crippen LogP contribution in [0.5, 0.6) is 0 Å². The van der Waals surface area contributed by atoms with Gasteiger partial charge >= 0.3 is 0 Å². The van der Waals surface area contributed by atoms with Crippen molar-refractivity contribution in [2.75, 3.05) is 5.75 Å². The van der Waals surface area contributed by atoms with Gasteiger partial charge in [0.15, 0.2) is 0 Å². The summed E-state index contributed by atoms with van der Waals surface area (Å²) in [7, 11) is 0. The molecule has 5 heteroatoms. The monoisotopic (exact) mass is 191 g/mol. The van der Waals surface area contributed by atoms with Crippen molar-refractivity contribution in [2.24, 2.45) is 11.6 Å². The number of hydrazine groups is 1. The zero-order valence-corrected chi connectivity index (χ0v) is 8.57. The van der Waals surface area contributed by atoms with Gasteiger partial charge in [0.25, 0.3) is 0 Å². The molecule has 0 heterocycles. The molecular formula is C7H17N3OS. The third kappa shape index (κ3) is 5.40. The number of hydrogen-bond donors (Lipinski definition) is 3. The summed E-state index contributed by atoms with van der Waals surface area (Å²) in [5, 5.41) is -0.141. The molecule has 1 amide bonds. The van der Waals surface area contributed by atoms with Gasteiger partial charge in [-0.3, -0.25) is 10.2 Å². The summed E-state index contributed by atoms with van der Waals surface area (Å²) < 4.78 is 0. The molecule has 0 fully saturated rings. The van der Waals surface area contributed by atoms with Crippen molar-refractivity contribution in [2.45, 2.75) is 31.6 Å². The average Bonchev–Trinajstić information content (AvgIpc) is 1.97. The van der Waals surface area contributed by atoms with E-state index in [0.717, 1.165) is 5.75 Å². The van der Waals surface area contributed by atoms with Gasteiger partial charge in [0.2, 0.25) is 5.91 Å². The first-order chi connectivity index (χ1) is 5.37. The van der Waals surface area contributed by atoms with Crippen molar-refractivity contribution < 1.29 is 4.79 Å². The molecule has 0 saturated heterocycles. The van der Waals surface area contributed by atoms with E-state index in [2.05, 4.69) is 5.43 Å². The number of carbonyl (C=O) groups excluding carboxylic acids is 1. The van der Waals surface area contributed by atoms with Gasteiger partial charge in [-0.25, -0.2) is 5.84 Å².